The van der Waals surface area contributed by atoms with Crippen molar-refractivity contribution in [3.63, 3.8) is 0 Å². The molecule has 2 nitrogen and oxygen atoms in total. The Morgan fingerprint density at radius 1 is 1.18 bits per heavy atom. The second kappa shape index (κ2) is 7.44. The fraction of sp³-hybridized carbons (Fsp3) is 0.667. The summed E-state index contributed by atoms with van der Waals surface area (Å²) in [6.07, 6.45) is 5.56. The van der Waals surface area contributed by atoms with Gasteiger partial charge in [0, 0.05) is 18.3 Å². The van der Waals surface area contributed by atoms with Crippen molar-refractivity contribution in [2.24, 2.45) is 5.92 Å². The first kappa shape index (κ1) is 14.2. The van der Waals surface area contributed by atoms with E-state index in [9.17, 15) is 0 Å². The van der Waals surface area contributed by atoms with Crippen LogP contribution in [0.2, 0.25) is 0 Å². The smallest absolute Gasteiger partial charge is 0.0570 e. The number of rotatable bonds is 7. The van der Waals surface area contributed by atoms with Crippen LogP contribution in [-0.4, -0.2) is 11.0 Å². The molecule has 0 spiro atoms. The second-order valence-corrected chi connectivity index (χ2v) is 5.00. The highest BCUT2D eigenvalue weighted by Crippen LogP contribution is 2.16. The van der Waals surface area contributed by atoms with Gasteiger partial charge in [0.2, 0.25) is 0 Å². The maximum Gasteiger partial charge on any atom is 0.0570 e. The van der Waals surface area contributed by atoms with Crippen molar-refractivity contribution in [1.82, 2.24) is 10.3 Å². The van der Waals surface area contributed by atoms with E-state index < -0.39 is 0 Å². The van der Waals surface area contributed by atoms with Crippen LogP contribution >= 0.6 is 0 Å². The van der Waals surface area contributed by atoms with Crippen LogP contribution in [0.15, 0.2) is 24.4 Å². The lowest BCUT2D eigenvalue weighted by molar-refractivity contribution is 0.356. The van der Waals surface area contributed by atoms with Gasteiger partial charge in [-0.05, 0) is 37.8 Å². The molecule has 0 fully saturated rings. The van der Waals surface area contributed by atoms with Gasteiger partial charge in [-0.1, -0.05) is 33.3 Å². The predicted molar refractivity (Wildman–Crippen MR) is 73.9 cm³/mol. The van der Waals surface area contributed by atoms with Crippen LogP contribution in [0.25, 0.3) is 0 Å². The standard InChI is InChI=1S/C15H26N2/c1-5-12(3)11-14(6-2)17-13(4)15-9-7-8-10-16-15/h7-10,12-14,17H,5-6,11H2,1-4H3. The molecule has 17 heavy (non-hydrogen) atoms. The first-order chi connectivity index (χ1) is 8.17. The average Bonchev–Trinajstić information content (AvgIpc) is 2.38. The molecule has 0 radical (unpaired) electrons. The number of nitrogens with zero attached hydrogens (tertiary/aromatic N) is 1. The Hall–Kier alpha value is -0.890. The molecule has 3 atom stereocenters. The molecule has 1 aromatic heterocycles. The molecule has 1 N–H and O–H groups in total. The number of hydrogen-bond donors (Lipinski definition) is 1. The zero-order valence-corrected chi connectivity index (χ0v) is 11.6. The van der Waals surface area contributed by atoms with Gasteiger partial charge in [-0.2, -0.15) is 0 Å². The highest BCUT2D eigenvalue weighted by atomic mass is 15.0. The fourth-order valence-electron chi connectivity index (χ4n) is 2.08. The minimum absolute atomic E-state index is 0.338. The van der Waals surface area contributed by atoms with Gasteiger partial charge in [-0.25, -0.2) is 0 Å². The molecule has 2 heteroatoms. The molecule has 96 valence electrons. The minimum atomic E-state index is 0.338. The van der Waals surface area contributed by atoms with Gasteiger partial charge in [0.1, 0.15) is 0 Å². The summed E-state index contributed by atoms with van der Waals surface area (Å²) < 4.78 is 0. The SMILES string of the molecule is CCC(C)CC(CC)NC(C)c1ccccn1. The van der Waals surface area contributed by atoms with E-state index in [-0.39, 0.29) is 0 Å². The van der Waals surface area contributed by atoms with Crippen LogP contribution in [-0.2, 0) is 0 Å². The molecule has 0 saturated carbocycles. The molecule has 0 aromatic carbocycles. The molecule has 0 aliphatic rings. The van der Waals surface area contributed by atoms with Crippen LogP contribution in [0.5, 0.6) is 0 Å². The van der Waals surface area contributed by atoms with Gasteiger partial charge in [-0.3, -0.25) is 4.98 Å². The second-order valence-electron chi connectivity index (χ2n) is 5.00. The van der Waals surface area contributed by atoms with Gasteiger partial charge in [-0.15, -0.1) is 0 Å². The Morgan fingerprint density at radius 3 is 2.47 bits per heavy atom. The summed E-state index contributed by atoms with van der Waals surface area (Å²) in [6.45, 7) is 9.04. The molecule has 1 heterocycles. The Labute approximate surface area is 106 Å². The normalized spacial score (nSPS) is 16.5. The predicted octanol–water partition coefficient (Wildman–Crippen LogP) is 3.95. The summed E-state index contributed by atoms with van der Waals surface area (Å²) in [5, 5.41) is 3.69. The van der Waals surface area contributed by atoms with Crippen molar-refractivity contribution in [2.45, 2.75) is 59.0 Å². The zero-order chi connectivity index (χ0) is 12.7. The highest BCUT2D eigenvalue weighted by Gasteiger charge is 2.14. The maximum absolute atomic E-state index is 4.40. The van der Waals surface area contributed by atoms with Gasteiger partial charge >= 0.3 is 0 Å². The summed E-state index contributed by atoms with van der Waals surface area (Å²) in [7, 11) is 0. The lowest BCUT2D eigenvalue weighted by Crippen LogP contribution is -2.32. The van der Waals surface area contributed by atoms with E-state index in [0.717, 1.165) is 11.6 Å². The quantitative estimate of drug-likeness (QED) is 0.772. The number of hydrogen-bond acceptors (Lipinski definition) is 2. The number of pyridine rings is 1. The summed E-state index contributed by atoms with van der Waals surface area (Å²) >= 11 is 0. The molecule has 0 aliphatic carbocycles. The van der Waals surface area contributed by atoms with Crippen molar-refractivity contribution in [2.75, 3.05) is 0 Å². The molecule has 3 unspecified atom stereocenters. The first-order valence-corrected chi connectivity index (χ1v) is 6.84. The third-order valence-corrected chi connectivity index (χ3v) is 3.49. The third kappa shape index (κ3) is 4.86. The first-order valence-electron chi connectivity index (χ1n) is 6.84. The maximum atomic E-state index is 4.40. The number of nitrogens with one attached hydrogen (secondary N) is 1. The lowest BCUT2D eigenvalue weighted by atomic mass is 9.97. The van der Waals surface area contributed by atoms with Crippen LogP contribution in [0.1, 0.15) is 58.7 Å². The highest BCUT2D eigenvalue weighted by molar-refractivity contribution is 5.07. The van der Waals surface area contributed by atoms with Crippen LogP contribution in [0, 0.1) is 5.92 Å². The Morgan fingerprint density at radius 2 is 1.94 bits per heavy atom. The Balaban J connectivity index is 2.50. The Kier molecular flexibility index (Phi) is 6.20. The van der Waals surface area contributed by atoms with E-state index in [1.165, 1.54) is 19.3 Å². The average molecular weight is 234 g/mol. The lowest BCUT2D eigenvalue weighted by Gasteiger charge is -2.24. The molecular weight excluding hydrogens is 208 g/mol. The molecular formula is C15H26N2. The van der Waals surface area contributed by atoms with Crippen molar-refractivity contribution < 1.29 is 0 Å². The van der Waals surface area contributed by atoms with Crippen molar-refractivity contribution >= 4 is 0 Å². The van der Waals surface area contributed by atoms with Gasteiger partial charge in [0.25, 0.3) is 0 Å². The van der Waals surface area contributed by atoms with Crippen molar-refractivity contribution in [3.05, 3.63) is 30.1 Å². The fourth-order valence-corrected chi connectivity index (χ4v) is 2.08. The monoisotopic (exact) mass is 234 g/mol. The molecule has 0 saturated heterocycles. The van der Waals surface area contributed by atoms with E-state index in [0.29, 0.717) is 12.1 Å². The van der Waals surface area contributed by atoms with E-state index in [1.807, 2.05) is 12.3 Å². The molecule has 0 aliphatic heterocycles. The molecule has 0 bridgehead atoms. The van der Waals surface area contributed by atoms with E-state index in [2.05, 4.69) is 50.1 Å². The minimum Gasteiger partial charge on any atom is -0.306 e. The summed E-state index contributed by atoms with van der Waals surface area (Å²) in [6, 6.07) is 7.04. The van der Waals surface area contributed by atoms with E-state index >= 15 is 0 Å². The summed E-state index contributed by atoms with van der Waals surface area (Å²) in [5.41, 5.74) is 1.13. The van der Waals surface area contributed by atoms with Crippen LogP contribution in [0.3, 0.4) is 0 Å². The zero-order valence-electron chi connectivity index (χ0n) is 11.6. The summed E-state index contributed by atoms with van der Waals surface area (Å²) in [5.74, 6) is 0.795. The molecule has 0 amide bonds. The van der Waals surface area contributed by atoms with Gasteiger partial charge in [0.15, 0.2) is 0 Å². The van der Waals surface area contributed by atoms with Crippen molar-refractivity contribution in [1.29, 1.82) is 0 Å². The van der Waals surface area contributed by atoms with Crippen LogP contribution in [0.4, 0.5) is 0 Å². The molecule has 1 rings (SSSR count). The number of aromatic nitrogens is 1. The molecule has 1 aromatic rings. The van der Waals surface area contributed by atoms with E-state index in [4.69, 9.17) is 0 Å². The summed E-state index contributed by atoms with van der Waals surface area (Å²) in [4.78, 5) is 4.40. The largest absolute Gasteiger partial charge is 0.306 e. The van der Waals surface area contributed by atoms with Gasteiger partial charge < -0.3 is 5.32 Å². The van der Waals surface area contributed by atoms with Crippen LogP contribution < -0.4 is 5.32 Å². The van der Waals surface area contributed by atoms with Crippen molar-refractivity contribution in [3.8, 4) is 0 Å². The Bertz CT molecular complexity index is 297. The third-order valence-electron chi connectivity index (χ3n) is 3.49. The topological polar surface area (TPSA) is 24.9 Å². The van der Waals surface area contributed by atoms with Gasteiger partial charge in [0.05, 0.1) is 5.69 Å². The van der Waals surface area contributed by atoms with E-state index in [1.54, 1.807) is 0 Å².